The van der Waals surface area contributed by atoms with E-state index in [4.69, 9.17) is 10.2 Å². The Labute approximate surface area is 114 Å². The SMILES string of the molecule is O=C(O)C=CC(=O)OCCCCOC(=O)C=CC(=O)O. The number of carboxylic acids is 2. The molecule has 0 aromatic rings. The van der Waals surface area contributed by atoms with Gasteiger partial charge in [-0.3, -0.25) is 0 Å². The summed E-state index contributed by atoms with van der Waals surface area (Å²) in [7, 11) is 0. The number of rotatable bonds is 9. The van der Waals surface area contributed by atoms with E-state index in [9.17, 15) is 19.2 Å². The number of carbonyl (C=O) groups is 4. The predicted octanol–water partition coefficient (Wildman–Crippen LogP) is 0.135. The van der Waals surface area contributed by atoms with Crippen LogP contribution in [0.5, 0.6) is 0 Å². The van der Waals surface area contributed by atoms with E-state index < -0.39 is 23.9 Å². The van der Waals surface area contributed by atoms with Crippen LogP contribution in [-0.4, -0.2) is 47.3 Å². The van der Waals surface area contributed by atoms with Crippen LogP contribution < -0.4 is 0 Å². The highest BCUT2D eigenvalue weighted by molar-refractivity contribution is 5.91. The van der Waals surface area contributed by atoms with Gasteiger partial charge in [0.2, 0.25) is 0 Å². The predicted molar refractivity (Wildman–Crippen MR) is 64.7 cm³/mol. The highest BCUT2D eigenvalue weighted by Gasteiger charge is 2.00. The molecule has 0 amide bonds. The Kier molecular flexibility index (Phi) is 8.94. The van der Waals surface area contributed by atoms with Crippen molar-refractivity contribution in [3.8, 4) is 0 Å². The Bertz CT molecular complexity index is 381. The maximum absolute atomic E-state index is 10.9. The second-order valence-electron chi connectivity index (χ2n) is 3.39. The first-order valence-corrected chi connectivity index (χ1v) is 5.57. The van der Waals surface area contributed by atoms with E-state index in [2.05, 4.69) is 9.47 Å². The van der Waals surface area contributed by atoms with Crippen molar-refractivity contribution >= 4 is 23.9 Å². The molecule has 0 saturated heterocycles. The van der Waals surface area contributed by atoms with Crippen LogP contribution >= 0.6 is 0 Å². The number of hydrogen-bond acceptors (Lipinski definition) is 6. The van der Waals surface area contributed by atoms with Gasteiger partial charge in [-0.05, 0) is 12.8 Å². The summed E-state index contributed by atoms with van der Waals surface area (Å²) >= 11 is 0. The summed E-state index contributed by atoms with van der Waals surface area (Å²) in [6.07, 6.45) is 3.75. The van der Waals surface area contributed by atoms with Crippen LogP contribution in [0.4, 0.5) is 0 Å². The van der Waals surface area contributed by atoms with Gasteiger partial charge in [-0.2, -0.15) is 0 Å². The molecule has 0 atom stereocenters. The van der Waals surface area contributed by atoms with E-state index in [0.717, 1.165) is 12.2 Å². The molecule has 2 N–H and O–H groups in total. The number of hydrogen-bond donors (Lipinski definition) is 2. The van der Waals surface area contributed by atoms with Gasteiger partial charge >= 0.3 is 23.9 Å². The fourth-order valence-corrected chi connectivity index (χ4v) is 0.925. The van der Waals surface area contributed by atoms with E-state index in [1.54, 1.807) is 0 Å². The zero-order valence-electron chi connectivity index (χ0n) is 10.5. The monoisotopic (exact) mass is 286 g/mol. The molecule has 0 heterocycles. The summed E-state index contributed by atoms with van der Waals surface area (Å²) in [4.78, 5) is 42.0. The summed E-state index contributed by atoms with van der Waals surface area (Å²) in [6.45, 7) is 0.122. The minimum atomic E-state index is -1.25. The second kappa shape index (κ2) is 10.3. The van der Waals surface area contributed by atoms with Crippen LogP contribution in [0.2, 0.25) is 0 Å². The lowest BCUT2D eigenvalue weighted by molar-refractivity contribution is -0.140. The summed E-state index contributed by atoms with van der Waals surface area (Å²) in [6, 6.07) is 0. The molecule has 0 aliphatic rings. The van der Waals surface area contributed by atoms with Crippen LogP contribution in [0.15, 0.2) is 24.3 Å². The molecule has 0 aliphatic heterocycles. The van der Waals surface area contributed by atoms with Gasteiger partial charge in [0, 0.05) is 24.3 Å². The van der Waals surface area contributed by atoms with Crippen LogP contribution in [0.3, 0.4) is 0 Å². The zero-order valence-corrected chi connectivity index (χ0v) is 10.5. The number of esters is 2. The van der Waals surface area contributed by atoms with Crippen molar-refractivity contribution in [3.05, 3.63) is 24.3 Å². The molecular formula is C12H14O8. The van der Waals surface area contributed by atoms with Gasteiger partial charge in [-0.1, -0.05) is 0 Å². The molecule has 110 valence electrons. The molecule has 0 aromatic heterocycles. The Morgan fingerprint density at radius 2 is 1.05 bits per heavy atom. The van der Waals surface area contributed by atoms with Crippen LogP contribution in [0, 0.1) is 0 Å². The summed E-state index contributed by atoms with van der Waals surface area (Å²) < 4.78 is 9.31. The van der Waals surface area contributed by atoms with Crippen molar-refractivity contribution < 1.29 is 38.9 Å². The third-order valence-corrected chi connectivity index (χ3v) is 1.75. The van der Waals surface area contributed by atoms with Crippen molar-refractivity contribution in [1.82, 2.24) is 0 Å². The average molecular weight is 286 g/mol. The molecule has 8 nitrogen and oxygen atoms in total. The first-order valence-electron chi connectivity index (χ1n) is 5.57. The quantitative estimate of drug-likeness (QED) is 0.348. The molecule has 0 saturated carbocycles. The van der Waals surface area contributed by atoms with Crippen molar-refractivity contribution in [2.75, 3.05) is 13.2 Å². The lowest BCUT2D eigenvalue weighted by Crippen LogP contribution is -2.06. The van der Waals surface area contributed by atoms with E-state index >= 15 is 0 Å². The van der Waals surface area contributed by atoms with E-state index in [1.807, 2.05) is 0 Å². The second-order valence-corrected chi connectivity index (χ2v) is 3.39. The third kappa shape index (κ3) is 11.8. The van der Waals surface area contributed by atoms with E-state index in [1.165, 1.54) is 0 Å². The van der Waals surface area contributed by atoms with Crippen molar-refractivity contribution in [3.63, 3.8) is 0 Å². The Hall–Kier alpha value is -2.64. The van der Waals surface area contributed by atoms with E-state index in [0.29, 0.717) is 25.0 Å². The minimum Gasteiger partial charge on any atom is -0.478 e. The highest BCUT2D eigenvalue weighted by Crippen LogP contribution is 1.94. The van der Waals surface area contributed by atoms with Crippen molar-refractivity contribution in [1.29, 1.82) is 0 Å². The van der Waals surface area contributed by atoms with Gasteiger partial charge in [-0.25, -0.2) is 19.2 Å². The van der Waals surface area contributed by atoms with Crippen molar-refractivity contribution in [2.24, 2.45) is 0 Å². The molecule has 0 unspecified atom stereocenters. The van der Waals surface area contributed by atoms with Gasteiger partial charge in [-0.15, -0.1) is 0 Å². The van der Waals surface area contributed by atoms with Crippen molar-refractivity contribution in [2.45, 2.75) is 12.8 Å². The molecule has 0 aromatic carbocycles. The lowest BCUT2D eigenvalue weighted by atomic mass is 10.3. The standard InChI is InChI=1S/C12H14O8/c13-9(14)3-5-11(17)19-7-1-2-8-20-12(18)6-4-10(15)16/h3-6H,1-2,7-8H2,(H,13,14)(H,15,16). The van der Waals surface area contributed by atoms with Crippen LogP contribution in [-0.2, 0) is 28.7 Å². The summed E-state index contributed by atoms with van der Waals surface area (Å²) in [5, 5.41) is 16.5. The number of aliphatic carboxylic acids is 2. The normalized spacial score (nSPS) is 10.6. The fraction of sp³-hybridized carbons (Fsp3) is 0.333. The van der Waals surface area contributed by atoms with Crippen LogP contribution in [0.1, 0.15) is 12.8 Å². The average Bonchev–Trinajstić information content (AvgIpc) is 2.37. The molecule has 0 bridgehead atoms. The molecule has 0 fully saturated rings. The highest BCUT2D eigenvalue weighted by atomic mass is 16.5. The molecule has 0 rings (SSSR count). The first-order chi connectivity index (χ1) is 9.41. The van der Waals surface area contributed by atoms with Gasteiger partial charge in [0.25, 0.3) is 0 Å². The Balaban J connectivity index is 3.58. The molecular weight excluding hydrogens is 272 g/mol. The number of ether oxygens (including phenoxy) is 2. The maximum atomic E-state index is 10.9. The third-order valence-electron chi connectivity index (χ3n) is 1.75. The summed E-state index contributed by atoms with van der Waals surface area (Å²) in [5.74, 6) is -4.03. The lowest BCUT2D eigenvalue weighted by Gasteiger charge is -2.02. The Morgan fingerprint density at radius 1 is 0.700 bits per heavy atom. The molecule has 20 heavy (non-hydrogen) atoms. The summed E-state index contributed by atoms with van der Waals surface area (Å²) in [5.41, 5.74) is 0. The number of unbranched alkanes of at least 4 members (excludes halogenated alkanes) is 1. The minimum absolute atomic E-state index is 0.0608. The van der Waals surface area contributed by atoms with Crippen LogP contribution in [0.25, 0.3) is 0 Å². The number of carbonyl (C=O) groups excluding carboxylic acids is 2. The topological polar surface area (TPSA) is 127 Å². The van der Waals surface area contributed by atoms with Gasteiger partial charge in [0.05, 0.1) is 13.2 Å². The van der Waals surface area contributed by atoms with Gasteiger partial charge in [0.1, 0.15) is 0 Å². The first kappa shape index (κ1) is 17.4. The van der Waals surface area contributed by atoms with E-state index in [-0.39, 0.29) is 13.2 Å². The van der Waals surface area contributed by atoms with Gasteiger partial charge in [0.15, 0.2) is 0 Å². The number of carboxylic acid groups (broad SMARTS) is 2. The molecule has 8 heteroatoms. The molecule has 0 aliphatic carbocycles. The molecule has 0 radical (unpaired) electrons. The maximum Gasteiger partial charge on any atom is 0.331 e. The molecule has 0 spiro atoms. The fourth-order valence-electron chi connectivity index (χ4n) is 0.925. The zero-order chi connectivity index (χ0) is 15.4. The smallest absolute Gasteiger partial charge is 0.331 e. The Morgan fingerprint density at radius 3 is 1.35 bits per heavy atom. The van der Waals surface area contributed by atoms with Gasteiger partial charge < -0.3 is 19.7 Å². The largest absolute Gasteiger partial charge is 0.478 e.